The Balaban J connectivity index is 0.889. The summed E-state index contributed by atoms with van der Waals surface area (Å²) >= 11 is 0. The molecule has 0 atom stereocenters. The van der Waals surface area contributed by atoms with Crippen LogP contribution in [-0.2, 0) is 13.0 Å². The van der Waals surface area contributed by atoms with Crippen molar-refractivity contribution in [3.63, 3.8) is 0 Å². The molecule has 214 valence electrons. The monoisotopic (exact) mass is 547 g/mol. The molecule has 0 saturated carbocycles. The molecule has 2 aliphatic rings. The van der Waals surface area contributed by atoms with E-state index in [4.69, 9.17) is 0 Å². The van der Waals surface area contributed by atoms with Gasteiger partial charge in [-0.1, -0.05) is 72.8 Å². The molecular formula is C37H45N3O. The predicted molar refractivity (Wildman–Crippen MR) is 169 cm³/mol. The van der Waals surface area contributed by atoms with Crippen LogP contribution in [0.5, 0.6) is 0 Å². The van der Waals surface area contributed by atoms with Crippen LogP contribution in [0.15, 0.2) is 85.1 Å². The Hall–Kier alpha value is -3.21. The van der Waals surface area contributed by atoms with Gasteiger partial charge >= 0.3 is 0 Å². The largest absolute Gasteiger partial charge is 0.361 e. The number of rotatable bonds is 11. The van der Waals surface area contributed by atoms with Crippen LogP contribution in [0.25, 0.3) is 10.9 Å². The second-order valence-electron chi connectivity index (χ2n) is 12.4. The molecular weight excluding hydrogens is 502 g/mol. The first-order chi connectivity index (χ1) is 20.2. The zero-order valence-electron chi connectivity index (χ0n) is 24.4. The summed E-state index contributed by atoms with van der Waals surface area (Å²) in [6, 6.07) is 28.0. The molecule has 4 heteroatoms. The van der Waals surface area contributed by atoms with Crippen molar-refractivity contribution in [1.29, 1.82) is 0 Å². The topological polar surface area (TPSA) is 39.3 Å². The second-order valence-corrected chi connectivity index (χ2v) is 12.4. The summed E-state index contributed by atoms with van der Waals surface area (Å²) in [4.78, 5) is 21.6. The molecule has 3 aromatic carbocycles. The maximum absolute atomic E-state index is 13.0. The molecule has 0 bridgehead atoms. The van der Waals surface area contributed by atoms with E-state index in [2.05, 4.69) is 99.8 Å². The van der Waals surface area contributed by atoms with Crippen molar-refractivity contribution in [1.82, 2.24) is 14.8 Å². The summed E-state index contributed by atoms with van der Waals surface area (Å²) in [6.07, 6.45) is 11.1. The number of aryl methyl sites for hydroxylation is 1. The lowest BCUT2D eigenvalue weighted by molar-refractivity contribution is 0.0961. The summed E-state index contributed by atoms with van der Waals surface area (Å²) in [5.74, 6) is 1.61. The third kappa shape index (κ3) is 7.36. The Kier molecular flexibility index (Phi) is 9.29. The molecule has 0 radical (unpaired) electrons. The molecule has 3 heterocycles. The highest BCUT2D eigenvalue weighted by Crippen LogP contribution is 2.29. The van der Waals surface area contributed by atoms with Crippen LogP contribution in [0.3, 0.4) is 0 Å². The molecule has 2 saturated heterocycles. The lowest BCUT2D eigenvalue weighted by atomic mass is 9.87. The van der Waals surface area contributed by atoms with Gasteiger partial charge in [0.15, 0.2) is 5.78 Å². The first kappa shape index (κ1) is 27.9. The van der Waals surface area contributed by atoms with E-state index in [0.717, 1.165) is 38.0 Å². The minimum absolute atomic E-state index is 0.313. The van der Waals surface area contributed by atoms with Gasteiger partial charge in [-0.3, -0.25) is 9.69 Å². The van der Waals surface area contributed by atoms with Gasteiger partial charge in [0.1, 0.15) is 0 Å². The second kappa shape index (κ2) is 13.6. The van der Waals surface area contributed by atoms with Gasteiger partial charge in [0.25, 0.3) is 0 Å². The Bertz CT molecular complexity index is 1380. The first-order valence-corrected chi connectivity index (χ1v) is 15.9. The van der Waals surface area contributed by atoms with Crippen LogP contribution in [0.1, 0.15) is 77.9 Å². The number of hydrogen-bond acceptors (Lipinski definition) is 3. The molecule has 0 aliphatic carbocycles. The predicted octanol–water partition coefficient (Wildman–Crippen LogP) is 7.86. The van der Waals surface area contributed by atoms with Gasteiger partial charge in [0.05, 0.1) is 0 Å². The summed E-state index contributed by atoms with van der Waals surface area (Å²) in [5, 5.41) is 1.37. The first-order valence-electron chi connectivity index (χ1n) is 15.9. The summed E-state index contributed by atoms with van der Waals surface area (Å²) in [6.45, 7) is 6.85. The number of nitrogens with zero attached hydrogens (tertiary/aromatic N) is 2. The van der Waals surface area contributed by atoms with Crippen LogP contribution in [0.2, 0.25) is 0 Å². The maximum atomic E-state index is 13.0. The van der Waals surface area contributed by atoms with Crippen molar-refractivity contribution in [3.8, 4) is 0 Å². The van der Waals surface area contributed by atoms with E-state index in [9.17, 15) is 4.79 Å². The van der Waals surface area contributed by atoms with E-state index in [1.54, 1.807) is 0 Å². The quantitative estimate of drug-likeness (QED) is 0.194. The van der Waals surface area contributed by atoms with Gasteiger partial charge in [-0.05, 0) is 112 Å². The van der Waals surface area contributed by atoms with Crippen LogP contribution < -0.4 is 0 Å². The average molecular weight is 548 g/mol. The Labute approximate surface area is 245 Å². The Morgan fingerprint density at radius 2 is 1.49 bits per heavy atom. The third-order valence-electron chi connectivity index (χ3n) is 9.62. The fourth-order valence-electron chi connectivity index (χ4n) is 7.02. The van der Waals surface area contributed by atoms with Crippen molar-refractivity contribution in [2.24, 2.45) is 5.92 Å². The third-order valence-corrected chi connectivity index (χ3v) is 9.62. The van der Waals surface area contributed by atoms with Crippen molar-refractivity contribution in [2.45, 2.75) is 63.8 Å². The van der Waals surface area contributed by atoms with E-state index in [-0.39, 0.29) is 0 Å². The number of aromatic amines is 1. The molecule has 2 fully saturated rings. The number of piperidine rings is 2. The highest BCUT2D eigenvalue weighted by Gasteiger charge is 2.22. The Morgan fingerprint density at radius 1 is 0.780 bits per heavy atom. The maximum Gasteiger partial charge on any atom is 0.162 e. The number of H-pyrrole nitrogens is 1. The highest BCUT2D eigenvalue weighted by molar-refractivity contribution is 5.96. The average Bonchev–Trinajstić information content (AvgIpc) is 3.44. The van der Waals surface area contributed by atoms with Gasteiger partial charge in [-0.25, -0.2) is 0 Å². The number of para-hydroxylation sites is 1. The standard InChI is InChI=1S/C37H45N3O/c41-37(17-12-29-18-23-40(24-19-29)28-30-7-2-1-3-8-30)33-15-13-31(14-16-33)32-20-25-39(26-21-32)22-6-9-34-27-38-36-11-5-4-10-35(34)36/h1-5,7-8,10-11,13-16,27,29,32,38H,6,9,12,17-26,28H2. The highest BCUT2D eigenvalue weighted by atomic mass is 16.1. The number of likely N-dealkylation sites (tertiary alicyclic amines) is 2. The van der Waals surface area contributed by atoms with E-state index < -0.39 is 0 Å². The number of fused-ring (bicyclic) bond motifs is 1. The molecule has 0 amide bonds. The fourth-order valence-corrected chi connectivity index (χ4v) is 7.02. The number of carbonyl (C=O) groups excluding carboxylic acids is 1. The van der Waals surface area contributed by atoms with Crippen molar-refractivity contribution in [2.75, 3.05) is 32.7 Å². The summed E-state index contributed by atoms with van der Waals surface area (Å²) < 4.78 is 0. The van der Waals surface area contributed by atoms with E-state index in [1.807, 2.05) is 0 Å². The van der Waals surface area contributed by atoms with E-state index in [1.165, 1.54) is 79.3 Å². The van der Waals surface area contributed by atoms with Crippen LogP contribution >= 0.6 is 0 Å². The molecule has 4 nitrogen and oxygen atoms in total. The molecule has 0 spiro atoms. The zero-order chi connectivity index (χ0) is 27.9. The number of nitrogens with one attached hydrogen (secondary N) is 1. The minimum Gasteiger partial charge on any atom is -0.361 e. The lowest BCUT2D eigenvalue weighted by Crippen LogP contribution is -2.33. The molecule has 41 heavy (non-hydrogen) atoms. The van der Waals surface area contributed by atoms with Gasteiger partial charge in [0.2, 0.25) is 0 Å². The summed E-state index contributed by atoms with van der Waals surface area (Å²) in [5.41, 5.74) is 6.38. The molecule has 1 aromatic heterocycles. The van der Waals surface area contributed by atoms with Gasteiger partial charge < -0.3 is 9.88 Å². The smallest absolute Gasteiger partial charge is 0.162 e. The van der Waals surface area contributed by atoms with Crippen LogP contribution in [0.4, 0.5) is 0 Å². The zero-order valence-corrected chi connectivity index (χ0v) is 24.4. The van der Waals surface area contributed by atoms with Crippen molar-refractivity contribution < 1.29 is 4.79 Å². The fraction of sp³-hybridized carbons (Fsp3) is 0.432. The van der Waals surface area contributed by atoms with E-state index in [0.29, 0.717) is 24.0 Å². The number of ketones is 1. The molecule has 0 unspecified atom stereocenters. The Morgan fingerprint density at radius 3 is 2.27 bits per heavy atom. The molecule has 6 rings (SSSR count). The number of hydrogen-bond donors (Lipinski definition) is 1. The summed E-state index contributed by atoms with van der Waals surface area (Å²) in [7, 11) is 0. The molecule has 1 N–H and O–H groups in total. The number of aromatic nitrogens is 1. The van der Waals surface area contributed by atoms with Gasteiger partial charge in [0, 0.05) is 35.6 Å². The van der Waals surface area contributed by atoms with E-state index >= 15 is 0 Å². The van der Waals surface area contributed by atoms with Crippen LogP contribution in [-0.4, -0.2) is 53.3 Å². The number of Topliss-reactive ketones (excluding diaryl/α,β-unsaturated/α-hetero) is 1. The molecule has 4 aromatic rings. The SMILES string of the molecule is O=C(CCC1CCN(Cc2ccccc2)CC1)c1ccc(C2CCN(CCCc3c[nH]c4ccccc34)CC2)cc1. The van der Waals surface area contributed by atoms with Gasteiger partial charge in [-0.2, -0.15) is 0 Å². The van der Waals surface area contributed by atoms with Crippen molar-refractivity contribution >= 4 is 16.7 Å². The lowest BCUT2D eigenvalue weighted by Gasteiger charge is -2.32. The number of benzene rings is 3. The van der Waals surface area contributed by atoms with Gasteiger partial charge in [-0.15, -0.1) is 0 Å². The molecule has 2 aliphatic heterocycles. The number of carbonyl (C=O) groups is 1. The van der Waals surface area contributed by atoms with Crippen LogP contribution in [0, 0.1) is 5.92 Å². The normalized spacial score (nSPS) is 17.8. The minimum atomic E-state index is 0.313. The van der Waals surface area contributed by atoms with Crippen molar-refractivity contribution in [3.05, 3.63) is 107 Å².